The number of rotatable bonds is 5. The summed E-state index contributed by atoms with van der Waals surface area (Å²) >= 11 is 0. The number of piperidine rings is 1. The predicted molar refractivity (Wildman–Crippen MR) is 108 cm³/mol. The largest absolute Gasteiger partial charge is 0.354 e. The molecule has 1 N–H and O–H groups in total. The molecule has 0 aromatic carbocycles. The maximum absolute atomic E-state index is 13.0. The Hall–Kier alpha value is -1.10. The molecule has 1 aliphatic carbocycles. The van der Waals surface area contributed by atoms with Crippen LogP contribution < -0.4 is 5.32 Å². The lowest BCUT2D eigenvalue weighted by molar-refractivity contribution is -0.132. The molecule has 2 amide bonds. The van der Waals surface area contributed by atoms with Crippen LogP contribution >= 0.6 is 0 Å². The normalized spacial score (nSPS) is 26.4. The van der Waals surface area contributed by atoms with Crippen LogP contribution in [0.2, 0.25) is 0 Å². The second-order valence-corrected chi connectivity index (χ2v) is 9.84. The third kappa shape index (κ3) is 4.67. The molecule has 154 valence electrons. The number of amides is 2. The van der Waals surface area contributed by atoms with Crippen LogP contribution in [0, 0.1) is 17.3 Å². The van der Waals surface area contributed by atoms with Crippen LogP contribution in [0.3, 0.4) is 0 Å². The van der Waals surface area contributed by atoms with Crippen LogP contribution in [0.5, 0.6) is 0 Å². The molecular formula is C22H39N3O2. The molecule has 2 saturated heterocycles. The molecule has 1 spiro atoms. The third-order valence-corrected chi connectivity index (χ3v) is 7.19. The second kappa shape index (κ2) is 8.50. The van der Waals surface area contributed by atoms with E-state index in [4.69, 9.17) is 0 Å². The Labute approximate surface area is 165 Å². The summed E-state index contributed by atoms with van der Waals surface area (Å²) in [6, 6.07) is 0.759. The highest BCUT2D eigenvalue weighted by Crippen LogP contribution is 2.49. The van der Waals surface area contributed by atoms with Crippen molar-refractivity contribution in [1.29, 1.82) is 0 Å². The van der Waals surface area contributed by atoms with Crippen LogP contribution in [0.15, 0.2) is 0 Å². The first-order valence-corrected chi connectivity index (χ1v) is 11.1. The van der Waals surface area contributed by atoms with Gasteiger partial charge >= 0.3 is 0 Å². The van der Waals surface area contributed by atoms with Crippen molar-refractivity contribution in [3.63, 3.8) is 0 Å². The molecule has 0 aromatic heterocycles. The van der Waals surface area contributed by atoms with Crippen LogP contribution in [-0.4, -0.2) is 59.9 Å². The lowest BCUT2D eigenvalue weighted by Gasteiger charge is -2.35. The van der Waals surface area contributed by atoms with Crippen molar-refractivity contribution in [2.45, 2.75) is 84.7 Å². The summed E-state index contributed by atoms with van der Waals surface area (Å²) in [6.07, 6.45) is 7.50. The average molecular weight is 378 g/mol. The van der Waals surface area contributed by atoms with E-state index in [9.17, 15) is 9.59 Å². The van der Waals surface area contributed by atoms with E-state index in [-0.39, 0.29) is 29.2 Å². The summed E-state index contributed by atoms with van der Waals surface area (Å²) in [4.78, 5) is 30.4. The van der Waals surface area contributed by atoms with E-state index in [1.807, 2.05) is 18.7 Å². The molecule has 3 fully saturated rings. The van der Waals surface area contributed by atoms with Gasteiger partial charge in [-0.05, 0) is 72.4 Å². The highest BCUT2D eigenvalue weighted by Gasteiger charge is 2.52. The quantitative estimate of drug-likeness (QED) is 0.801. The minimum atomic E-state index is -0.0193. The molecule has 0 bridgehead atoms. The van der Waals surface area contributed by atoms with E-state index < -0.39 is 0 Å². The molecule has 1 atom stereocenters. The summed E-state index contributed by atoms with van der Waals surface area (Å²) in [5.74, 6) is 0.932. The zero-order chi connectivity index (χ0) is 19.6. The molecule has 3 aliphatic rings. The Morgan fingerprint density at radius 1 is 1.07 bits per heavy atom. The second-order valence-electron chi connectivity index (χ2n) is 9.84. The van der Waals surface area contributed by atoms with E-state index in [1.54, 1.807) is 0 Å². The molecule has 2 aliphatic heterocycles. The summed E-state index contributed by atoms with van der Waals surface area (Å²) < 4.78 is 0. The maximum Gasteiger partial charge on any atom is 0.225 e. The lowest BCUT2D eigenvalue weighted by atomic mass is 9.76. The fraction of sp³-hybridized carbons (Fsp3) is 0.909. The molecule has 5 nitrogen and oxygen atoms in total. The number of likely N-dealkylation sites (tertiary alicyclic amines) is 2. The van der Waals surface area contributed by atoms with Crippen LogP contribution in [0.4, 0.5) is 0 Å². The number of nitrogens with one attached hydrogen (secondary N) is 1. The van der Waals surface area contributed by atoms with Gasteiger partial charge in [0.25, 0.3) is 0 Å². The van der Waals surface area contributed by atoms with Crippen molar-refractivity contribution < 1.29 is 9.59 Å². The fourth-order valence-corrected chi connectivity index (χ4v) is 5.54. The van der Waals surface area contributed by atoms with E-state index >= 15 is 0 Å². The molecule has 1 saturated carbocycles. The maximum atomic E-state index is 13.0. The molecule has 0 radical (unpaired) electrons. The van der Waals surface area contributed by atoms with Gasteiger partial charge in [0.1, 0.15) is 0 Å². The van der Waals surface area contributed by atoms with Gasteiger partial charge in [-0.1, -0.05) is 12.8 Å². The number of hydrogen-bond donors (Lipinski definition) is 1. The first kappa shape index (κ1) is 20.6. The SMILES string of the molecule is CC(C)NC(=O)C1CN(C(=O)CC2CCN(C(C)C)CC2)CC12CCCC2. The Morgan fingerprint density at radius 3 is 2.26 bits per heavy atom. The highest BCUT2D eigenvalue weighted by atomic mass is 16.2. The van der Waals surface area contributed by atoms with Gasteiger partial charge < -0.3 is 15.1 Å². The van der Waals surface area contributed by atoms with Crippen molar-refractivity contribution >= 4 is 11.8 Å². The number of nitrogens with zero attached hydrogens (tertiary/aromatic N) is 2. The van der Waals surface area contributed by atoms with Gasteiger partial charge in [0.05, 0.1) is 5.92 Å². The zero-order valence-corrected chi connectivity index (χ0v) is 17.8. The minimum Gasteiger partial charge on any atom is -0.354 e. The van der Waals surface area contributed by atoms with Gasteiger partial charge in [-0.3, -0.25) is 9.59 Å². The van der Waals surface area contributed by atoms with Crippen molar-refractivity contribution in [2.24, 2.45) is 17.3 Å². The monoisotopic (exact) mass is 377 g/mol. The van der Waals surface area contributed by atoms with Gasteiger partial charge in [0.2, 0.25) is 11.8 Å². The first-order chi connectivity index (χ1) is 12.8. The van der Waals surface area contributed by atoms with E-state index in [0.29, 0.717) is 24.9 Å². The molecule has 5 heteroatoms. The van der Waals surface area contributed by atoms with Gasteiger partial charge in [0.15, 0.2) is 0 Å². The smallest absolute Gasteiger partial charge is 0.225 e. The Bertz CT molecular complexity index is 532. The fourth-order valence-electron chi connectivity index (χ4n) is 5.54. The van der Waals surface area contributed by atoms with Crippen molar-refractivity contribution in [3.8, 4) is 0 Å². The molecule has 2 heterocycles. The zero-order valence-electron chi connectivity index (χ0n) is 17.8. The standard InChI is InChI=1S/C22H39N3O2/c1-16(2)23-21(27)19-14-25(15-22(19)9-5-6-10-22)20(26)13-18-7-11-24(12-8-18)17(3)4/h16-19H,5-15H2,1-4H3,(H,23,27). The van der Waals surface area contributed by atoms with Crippen molar-refractivity contribution in [3.05, 3.63) is 0 Å². The number of hydrogen-bond acceptors (Lipinski definition) is 3. The summed E-state index contributed by atoms with van der Waals surface area (Å²) in [5.41, 5.74) is 0.0373. The van der Waals surface area contributed by atoms with E-state index in [2.05, 4.69) is 24.1 Å². The summed E-state index contributed by atoms with van der Waals surface area (Å²) in [5, 5.41) is 3.11. The molecular weight excluding hydrogens is 338 g/mol. The highest BCUT2D eigenvalue weighted by molar-refractivity contribution is 5.83. The van der Waals surface area contributed by atoms with Crippen molar-refractivity contribution in [2.75, 3.05) is 26.2 Å². The van der Waals surface area contributed by atoms with Gasteiger partial charge in [0, 0.05) is 37.0 Å². The molecule has 3 rings (SSSR count). The van der Waals surface area contributed by atoms with E-state index in [1.165, 1.54) is 12.8 Å². The average Bonchev–Trinajstić information content (AvgIpc) is 3.23. The van der Waals surface area contributed by atoms with E-state index in [0.717, 1.165) is 45.3 Å². The van der Waals surface area contributed by atoms with Gasteiger partial charge in [-0.2, -0.15) is 0 Å². The first-order valence-electron chi connectivity index (χ1n) is 11.1. The Kier molecular flexibility index (Phi) is 6.50. The Morgan fingerprint density at radius 2 is 1.70 bits per heavy atom. The number of carbonyl (C=O) groups excluding carboxylic acids is 2. The predicted octanol–water partition coefficient (Wildman–Crippen LogP) is 3.04. The summed E-state index contributed by atoms with van der Waals surface area (Å²) in [6.45, 7) is 12.2. The van der Waals surface area contributed by atoms with Gasteiger partial charge in [-0.15, -0.1) is 0 Å². The topological polar surface area (TPSA) is 52.7 Å². The van der Waals surface area contributed by atoms with Crippen molar-refractivity contribution in [1.82, 2.24) is 15.1 Å². The van der Waals surface area contributed by atoms with Crippen LogP contribution in [-0.2, 0) is 9.59 Å². The summed E-state index contributed by atoms with van der Waals surface area (Å²) in [7, 11) is 0. The molecule has 27 heavy (non-hydrogen) atoms. The Balaban J connectivity index is 1.58. The van der Waals surface area contributed by atoms with Crippen LogP contribution in [0.1, 0.15) is 72.6 Å². The lowest BCUT2D eigenvalue weighted by Crippen LogP contribution is -2.42. The minimum absolute atomic E-state index is 0.0193. The van der Waals surface area contributed by atoms with Crippen LogP contribution in [0.25, 0.3) is 0 Å². The van der Waals surface area contributed by atoms with Gasteiger partial charge in [-0.25, -0.2) is 0 Å². The molecule has 1 unspecified atom stereocenters. The third-order valence-electron chi connectivity index (χ3n) is 7.19. The number of carbonyl (C=O) groups is 2. The molecule has 0 aromatic rings.